The molecule has 2 aliphatic rings. The Hall–Kier alpha value is -3.19. The standard InChI is InChI=1S/C23H20BrN3O3/c1-15-4-3-13-27-20(15)25-23(22(27)29,14-16-5-11-19(30-2)12-6-16)26-21(28)17-7-9-18(24)10-8-17/h3-13H,14H2,1-2H3,(H,26,28)/t23-/m0/s1. The van der Waals surface area contributed by atoms with Crippen LogP contribution in [0.5, 0.6) is 5.75 Å². The van der Waals surface area contributed by atoms with Crippen molar-refractivity contribution < 1.29 is 14.3 Å². The summed E-state index contributed by atoms with van der Waals surface area (Å²) in [6, 6.07) is 14.4. The number of hydrogen-bond acceptors (Lipinski definition) is 4. The van der Waals surface area contributed by atoms with E-state index in [0.29, 0.717) is 11.4 Å². The van der Waals surface area contributed by atoms with Gasteiger partial charge in [-0.1, -0.05) is 34.1 Å². The number of fused-ring (bicyclic) bond motifs is 1. The second-order valence-corrected chi connectivity index (χ2v) is 8.06. The molecule has 30 heavy (non-hydrogen) atoms. The molecule has 0 saturated heterocycles. The highest BCUT2D eigenvalue weighted by molar-refractivity contribution is 9.10. The number of halogens is 1. The Labute approximate surface area is 183 Å². The number of carbonyl (C=O) groups excluding carboxylic acids is 2. The van der Waals surface area contributed by atoms with E-state index in [1.807, 2.05) is 37.3 Å². The Bertz CT molecular complexity index is 1090. The zero-order chi connectivity index (χ0) is 21.3. The van der Waals surface area contributed by atoms with Crippen molar-refractivity contribution in [1.29, 1.82) is 0 Å². The number of rotatable bonds is 5. The molecule has 1 N–H and O–H groups in total. The highest BCUT2D eigenvalue weighted by Crippen LogP contribution is 2.30. The maximum absolute atomic E-state index is 13.4. The Balaban J connectivity index is 1.72. The fourth-order valence-corrected chi connectivity index (χ4v) is 3.75. The van der Waals surface area contributed by atoms with Crippen molar-refractivity contribution in [1.82, 2.24) is 10.2 Å². The van der Waals surface area contributed by atoms with Crippen molar-refractivity contribution in [3.05, 3.63) is 88.1 Å². The molecule has 0 unspecified atom stereocenters. The number of aliphatic imine (C=N–C) groups is 1. The van der Waals surface area contributed by atoms with E-state index in [1.165, 1.54) is 4.90 Å². The molecule has 2 aromatic rings. The predicted molar refractivity (Wildman–Crippen MR) is 118 cm³/mol. The van der Waals surface area contributed by atoms with Crippen molar-refractivity contribution in [3.63, 3.8) is 0 Å². The number of nitrogens with zero attached hydrogens (tertiary/aromatic N) is 2. The third-order valence-electron chi connectivity index (χ3n) is 5.08. The lowest BCUT2D eigenvalue weighted by Crippen LogP contribution is -2.55. The van der Waals surface area contributed by atoms with Gasteiger partial charge in [-0.2, -0.15) is 0 Å². The molecule has 2 amide bonds. The first-order chi connectivity index (χ1) is 14.4. The van der Waals surface area contributed by atoms with Gasteiger partial charge in [0.2, 0.25) is 5.66 Å². The number of hydrogen-bond donors (Lipinski definition) is 1. The van der Waals surface area contributed by atoms with Gasteiger partial charge in [0.15, 0.2) is 0 Å². The van der Waals surface area contributed by atoms with Crippen molar-refractivity contribution in [2.75, 3.05) is 7.11 Å². The molecule has 4 rings (SSSR count). The average molecular weight is 466 g/mol. The Morgan fingerprint density at radius 2 is 1.87 bits per heavy atom. The van der Waals surface area contributed by atoms with Gasteiger partial charge in [0.05, 0.1) is 7.11 Å². The Morgan fingerprint density at radius 3 is 2.50 bits per heavy atom. The predicted octanol–water partition coefficient (Wildman–Crippen LogP) is 3.84. The van der Waals surface area contributed by atoms with Crippen molar-refractivity contribution in [2.24, 2.45) is 4.99 Å². The van der Waals surface area contributed by atoms with Crippen LogP contribution in [0.4, 0.5) is 0 Å². The second-order valence-electron chi connectivity index (χ2n) is 7.15. The van der Waals surface area contributed by atoms with Gasteiger partial charge in [-0.05, 0) is 60.5 Å². The normalized spacial score (nSPS) is 19.8. The molecule has 2 aliphatic heterocycles. The van der Waals surface area contributed by atoms with Crippen LogP contribution in [-0.4, -0.2) is 35.3 Å². The highest BCUT2D eigenvalue weighted by Gasteiger charge is 2.49. The monoisotopic (exact) mass is 465 g/mol. The van der Waals surface area contributed by atoms with Crippen LogP contribution in [0.1, 0.15) is 22.8 Å². The summed E-state index contributed by atoms with van der Waals surface area (Å²) in [5, 5.41) is 2.91. The van der Waals surface area contributed by atoms with E-state index in [2.05, 4.69) is 21.2 Å². The van der Waals surface area contributed by atoms with Crippen LogP contribution in [0, 0.1) is 0 Å². The molecule has 1 atom stereocenters. The van der Waals surface area contributed by atoms with Crippen LogP contribution < -0.4 is 10.1 Å². The van der Waals surface area contributed by atoms with Gasteiger partial charge in [0.25, 0.3) is 11.8 Å². The molecular weight excluding hydrogens is 446 g/mol. The molecule has 152 valence electrons. The Morgan fingerprint density at radius 1 is 1.17 bits per heavy atom. The Kier molecular flexibility index (Phi) is 5.30. The van der Waals surface area contributed by atoms with Crippen LogP contribution in [0.25, 0.3) is 0 Å². The highest BCUT2D eigenvalue weighted by atomic mass is 79.9. The number of benzene rings is 2. The molecule has 0 fully saturated rings. The molecule has 0 bridgehead atoms. The van der Waals surface area contributed by atoms with Crippen molar-refractivity contribution >= 4 is 33.6 Å². The van der Waals surface area contributed by atoms with E-state index in [9.17, 15) is 9.59 Å². The summed E-state index contributed by atoms with van der Waals surface area (Å²) in [6.45, 7) is 1.89. The smallest absolute Gasteiger partial charge is 0.281 e. The molecule has 0 spiro atoms. The van der Waals surface area contributed by atoms with Crippen LogP contribution >= 0.6 is 15.9 Å². The molecule has 6 nitrogen and oxygen atoms in total. The minimum atomic E-state index is -1.43. The summed E-state index contributed by atoms with van der Waals surface area (Å²) >= 11 is 3.37. The van der Waals surface area contributed by atoms with Crippen LogP contribution in [0.15, 0.2) is 81.9 Å². The van der Waals surface area contributed by atoms with Gasteiger partial charge in [0, 0.05) is 22.7 Å². The van der Waals surface area contributed by atoms with Crippen LogP contribution in [0.3, 0.4) is 0 Å². The van der Waals surface area contributed by atoms with E-state index in [1.54, 1.807) is 43.7 Å². The number of carbonyl (C=O) groups is 2. The van der Waals surface area contributed by atoms with Gasteiger partial charge in [-0.15, -0.1) is 0 Å². The molecule has 0 aromatic heterocycles. The lowest BCUT2D eigenvalue weighted by atomic mass is 9.98. The summed E-state index contributed by atoms with van der Waals surface area (Å²) in [4.78, 5) is 32.7. The number of amidine groups is 1. The van der Waals surface area contributed by atoms with Crippen molar-refractivity contribution in [2.45, 2.75) is 19.0 Å². The topological polar surface area (TPSA) is 71.0 Å². The lowest BCUT2D eigenvalue weighted by Gasteiger charge is -2.27. The molecule has 2 heterocycles. The van der Waals surface area contributed by atoms with E-state index in [4.69, 9.17) is 9.73 Å². The molecular formula is C23H20BrN3O3. The summed E-state index contributed by atoms with van der Waals surface area (Å²) in [5.41, 5.74) is 0.737. The van der Waals surface area contributed by atoms with Gasteiger partial charge in [0.1, 0.15) is 11.6 Å². The zero-order valence-electron chi connectivity index (χ0n) is 16.6. The summed E-state index contributed by atoms with van der Waals surface area (Å²) in [6.07, 6.45) is 5.59. The summed E-state index contributed by atoms with van der Waals surface area (Å²) in [5.74, 6) is 0.614. The third kappa shape index (κ3) is 3.68. The van der Waals surface area contributed by atoms with E-state index < -0.39 is 5.66 Å². The summed E-state index contributed by atoms with van der Waals surface area (Å²) in [7, 11) is 1.60. The average Bonchev–Trinajstić information content (AvgIpc) is 3.02. The first kappa shape index (κ1) is 20.1. The minimum Gasteiger partial charge on any atom is -0.497 e. The van der Waals surface area contributed by atoms with E-state index >= 15 is 0 Å². The van der Waals surface area contributed by atoms with Crippen molar-refractivity contribution in [3.8, 4) is 5.75 Å². The minimum absolute atomic E-state index is 0.221. The summed E-state index contributed by atoms with van der Waals surface area (Å²) < 4.78 is 6.08. The number of amides is 2. The molecule has 0 radical (unpaired) electrons. The maximum Gasteiger partial charge on any atom is 0.281 e. The number of ether oxygens (including phenoxy) is 1. The van der Waals surface area contributed by atoms with E-state index in [0.717, 1.165) is 21.4 Å². The largest absolute Gasteiger partial charge is 0.497 e. The van der Waals surface area contributed by atoms with Crippen LogP contribution in [0.2, 0.25) is 0 Å². The quantitative estimate of drug-likeness (QED) is 0.728. The molecule has 7 heteroatoms. The maximum atomic E-state index is 13.4. The molecule has 0 saturated carbocycles. The first-order valence-corrected chi connectivity index (χ1v) is 10.2. The SMILES string of the molecule is COc1ccc(C[C@@]2(NC(=O)c3ccc(Br)cc3)N=C3C(C)=CC=CN3C2=O)cc1. The zero-order valence-corrected chi connectivity index (χ0v) is 18.1. The number of methoxy groups -OCH3 is 1. The molecule has 2 aromatic carbocycles. The van der Waals surface area contributed by atoms with Gasteiger partial charge >= 0.3 is 0 Å². The third-order valence-corrected chi connectivity index (χ3v) is 5.61. The van der Waals surface area contributed by atoms with E-state index in [-0.39, 0.29) is 18.2 Å². The number of nitrogens with one attached hydrogen (secondary N) is 1. The lowest BCUT2D eigenvalue weighted by molar-refractivity contribution is -0.130. The van der Waals surface area contributed by atoms with Crippen LogP contribution in [-0.2, 0) is 11.2 Å². The fraction of sp³-hybridized carbons (Fsp3) is 0.174. The number of allylic oxidation sites excluding steroid dienone is 2. The molecule has 0 aliphatic carbocycles. The van der Waals surface area contributed by atoms with Gasteiger partial charge in [-0.25, -0.2) is 4.99 Å². The van der Waals surface area contributed by atoms with Gasteiger partial charge < -0.3 is 10.1 Å². The fourth-order valence-electron chi connectivity index (χ4n) is 3.48. The van der Waals surface area contributed by atoms with Gasteiger partial charge in [-0.3, -0.25) is 14.5 Å². The first-order valence-electron chi connectivity index (χ1n) is 9.42. The second kappa shape index (κ2) is 7.91.